The number of rotatable bonds is 4. The maximum absolute atomic E-state index is 10.3. The van der Waals surface area contributed by atoms with Gasteiger partial charge in [0.1, 0.15) is 0 Å². The van der Waals surface area contributed by atoms with Crippen LogP contribution in [0.2, 0.25) is 0 Å². The smallest absolute Gasteiger partial charge is 0.307 e. The van der Waals surface area contributed by atoms with Crippen LogP contribution in [0.5, 0.6) is 0 Å². The molecule has 0 heterocycles. The highest BCUT2D eigenvalue weighted by Crippen LogP contribution is 2.05. The summed E-state index contributed by atoms with van der Waals surface area (Å²) in [6, 6.07) is 6.53. The van der Waals surface area contributed by atoms with E-state index in [1.807, 2.05) is 0 Å². The summed E-state index contributed by atoms with van der Waals surface area (Å²) in [5, 5.41) is 17.0. The Hall–Kier alpha value is -1.26. The summed E-state index contributed by atoms with van der Waals surface area (Å²) in [4.78, 5) is 20.7. The van der Waals surface area contributed by atoms with E-state index in [-0.39, 0.29) is 37.7 Å². The number of aliphatic carboxylic acids is 2. The first kappa shape index (κ1) is 17.1. The van der Waals surface area contributed by atoms with E-state index in [1.54, 1.807) is 24.3 Å². The normalized spacial score (nSPS) is 8.50. The summed E-state index contributed by atoms with van der Waals surface area (Å²) in [6.07, 6.45) is -0.0687. The number of halogens is 2. The lowest BCUT2D eigenvalue weighted by Crippen LogP contribution is -2.02. The number of carboxylic acids is 2. The molecule has 0 spiro atoms. The maximum atomic E-state index is 10.3. The van der Waals surface area contributed by atoms with E-state index in [0.29, 0.717) is 11.1 Å². The third-order valence-electron chi connectivity index (χ3n) is 1.73. The Morgan fingerprint density at radius 1 is 0.812 bits per heavy atom. The van der Waals surface area contributed by atoms with Crippen molar-refractivity contribution in [1.82, 2.24) is 0 Å². The van der Waals surface area contributed by atoms with Crippen LogP contribution >= 0.6 is 24.8 Å². The second kappa shape index (κ2) is 7.96. The van der Waals surface area contributed by atoms with Gasteiger partial charge in [0.2, 0.25) is 0 Å². The fourth-order valence-electron chi connectivity index (χ4n) is 1.12. The zero-order valence-electron chi connectivity index (χ0n) is 8.25. The monoisotopic (exact) mass is 266 g/mol. The molecule has 0 fully saturated rings. The Balaban J connectivity index is 0. The molecule has 0 saturated carbocycles. The average Bonchev–Trinajstić information content (AvgIpc) is 2.06. The Labute approximate surface area is 105 Å². The van der Waals surface area contributed by atoms with Gasteiger partial charge in [-0.1, -0.05) is 24.3 Å². The number of carbonyl (C=O) groups is 2. The molecule has 0 aliphatic heterocycles. The van der Waals surface area contributed by atoms with Crippen molar-refractivity contribution in [1.29, 1.82) is 0 Å². The summed E-state index contributed by atoms with van der Waals surface area (Å²) < 4.78 is 0. The van der Waals surface area contributed by atoms with Crippen molar-refractivity contribution >= 4 is 36.8 Å². The number of hydrogen-bond acceptors (Lipinski definition) is 2. The molecular weight excluding hydrogens is 255 g/mol. The van der Waals surface area contributed by atoms with E-state index in [1.165, 1.54) is 0 Å². The van der Waals surface area contributed by atoms with Crippen LogP contribution in [0.4, 0.5) is 0 Å². The van der Waals surface area contributed by atoms with Crippen LogP contribution < -0.4 is 0 Å². The second-order valence-electron chi connectivity index (χ2n) is 2.96. The topological polar surface area (TPSA) is 74.6 Å². The van der Waals surface area contributed by atoms with Crippen molar-refractivity contribution in [3.8, 4) is 0 Å². The van der Waals surface area contributed by atoms with E-state index in [0.717, 1.165) is 0 Å². The number of benzene rings is 1. The highest BCUT2D eigenvalue weighted by Gasteiger charge is 2.02. The van der Waals surface area contributed by atoms with E-state index in [9.17, 15) is 9.59 Å². The van der Waals surface area contributed by atoms with Crippen LogP contribution in [0.15, 0.2) is 24.3 Å². The van der Waals surface area contributed by atoms with Crippen LogP contribution in [0, 0.1) is 0 Å². The minimum atomic E-state index is -0.893. The first-order valence-electron chi connectivity index (χ1n) is 4.09. The van der Waals surface area contributed by atoms with Gasteiger partial charge in [0, 0.05) is 0 Å². The molecule has 4 nitrogen and oxygen atoms in total. The molecule has 0 aliphatic carbocycles. The molecule has 1 aromatic carbocycles. The van der Waals surface area contributed by atoms with Gasteiger partial charge in [0.05, 0.1) is 12.8 Å². The summed E-state index contributed by atoms with van der Waals surface area (Å²) in [6.45, 7) is 0. The molecule has 0 atom stereocenters. The van der Waals surface area contributed by atoms with Crippen LogP contribution in [0.3, 0.4) is 0 Å². The van der Waals surface area contributed by atoms with Gasteiger partial charge >= 0.3 is 11.9 Å². The SMILES string of the molecule is Cl.Cl.O=C(O)Cc1ccc(CC(=O)O)cc1. The lowest BCUT2D eigenvalue weighted by atomic mass is 10.1. The van der Waals surface area contributed by atoms with E-state index < -0.39 is 11.9 Å². The molecule has 0 amide bonds. The van der Waals surface area contributed by atoms with Crippen molar-refractivity contribution in [2.24, 2.45) is 0 Å². The van der Waals surface area contributed by atoms with Crippen molar-refractivity contribution in [2.75, 3.05) is 0 Å². The fraction of sp³-hybridized carbons (Fsp3) is 0.200. The van der Waals surface area contributed by atoms with Gasteiger partial charge in [-0.3, -0.25) is 9.59 Å². The maximum Gasteiger partial charge on any atom is 0.307 e. The average molecular weight is 267 g/mol. The minimum absolute atomic E-state index is 0. The second-order valence-corrected chi connectivity index (χ2v) is 2.96. The first-order valence-corrected chi connectivity index (χ1v) is 4.09. The standard InChI is InChI=1S/C10H10O4.2ClH/c11-9(12)5-7-1-2-8(4-3-7)6-10(13)14;;/h1-4H,5-6H2,(H,11,12)(H,13,14);2*1H. The summed E-state index contributed by atoms with van der Waals surface area (Å²) >= 11 is 0. The third-order valence-corrected chi connectivity index (χ3v) is 1.73. The highest BCUT2D eigenvalue weighted by molar-refractivity contribution is 5.85. The predicted octanol–water partition coefficient (Wildman–Crippen LogP) is 1.78. The number of carboxylic acid groups (broad SMARTS) is 2. The molecular formula is C10H12Cl2O4. The van der Waals surface area contributed by atoms with Crippen LogP contribution in [0.25, 0.3) is 0 Å². The summed E-state index contributed by atoms with van der Waals surface area (Å²) in [7, 11) is 0. The molecule has 2 N–H and O–H groups in total. The molecule has 0 saturated heterocycles. The molecule has 0 aliphatic rings. The van der Waals surface area contributed by atoms with Crippen LogP contribution in [-0.2, 0) is 22.4 Å². The van der Waals surface area contributed by atoms with Gasteiger partial charge in [-0.05, 0) is 11.1 Å². The fourth-order valence-corrected chi connectivity index (χ4v) is 1.12. The van der Waals surface area contributed by atoms with Crippen molar-refractivity contribution in [3.63, 3.8) is 0 Å². The van der Waals surface area contributed by atoms with Gasteiger partial charge in [-0.25, -0.2) is 0 Å². The van der Waals surface area contributed by atoms with Gasteiger partial charge in [0.15, 0.2) is 0 Å². The van der Waals surface area contributed by atoms with Gasteiger partial charge in [-0.15, -0.1) is 24.8 Å². The predicted molar refractivity (Wildman–Crippen MR) is 63.6 cm³/mol. The summed E-state index contributed by atoms with van der Waals surface area (Å²) in [5.41, 5.74) is 1.35. The molecule has 1 aromatic rings. The van der Waals surface area contributed by atoms with E-state index in [2.05, 4.69) is 0 Å². The Morgan fingerprint density at radius 2 is 1.06 bits per heavy atom. The minimum Gasteiger partial charge on any atom is -0.481 e. The summed E-state index contributed by atoms with van der Waals surface area (Å²) in [5.74, 6) is -1.79. The Bertz CT molecular complexity index is 313. The van der Waals surface area contributed by atoms with Gasteiger partial charge in [-0.2, -0.15) is 0 Å². The third kappa shape index (κ3) is 6.27. The number of hydrogen-bond donors (Lipinski definition) is 2. The molecule has 0 unspecified atom stereocenters. The molecule has 0 bridgehead atoms. The first-order chi connectivity index (χ1) is 6.58. The van der Waals surface area contributed by atoms with Crippen molar-refractivity contribution < 1.29 is 19.8 Å². The van der Waals surface area contributed by atoms with Crippen LogP contribution in [0.1, 0.15) is 11.1 Å². The van der Waals surface area contributed by atoms with Gasteiger partial charge in [0.25, 0.3) is 0 Å². The molecule has 6 heteroatoms. The molecule has 1 rings (SSSR count). The highest BCUT2D eigenvalue weighted by atomic mass is 35.5. The van der Waals surface area contributed by atoms with Crippen molar-refractivity contribution in [2.45, 2.75) is 12.8 Å². The Kier molecular flexibility index (Phi) is 8.53. The largest absolute Gasteiger partial charge is 0.481 e. The molecule has 16 heavy (non-hydrogen) atoms. The molecule has 0 radical (unpaired) electrons. The quantitative estimate of drug-likeness (QED) is 0.872. The van der Waals surface area contributed by atoms with E-state index >= 15 is 0 Å². The van der Waals surface area contributed by atoms with E-state index in [4.69, 9.17) is 10.2 Å². The zero-order valence-corrected chi connectivity index (χ0v) is 9.88. The zero-order chi connectivity index (χ0) is 10.6. The molecule has 0 aromatic heterocycles. The Morgan fingerprint density at radius 3 is 1.25 bits per heavy atom. The lowest BCUT2D eigenvalue weighted by Gasteiger charge is -1.99. The van der Waals surface area contributed by atoms with Crippen LogP contribution in [-0.4, -0.2) is 22.2 Å². The lowest BCUT2D eigenvalue weighted by molar-refractivity contribution is -0.137. The molecule has 90 valence electrons. The van der Waals surface area contributed by atoms with Gasteiger partial charge < -0.3 is 10.2 Å². The van der Waals surface area contributed by atoms with Crippen molar-refractivity contribution in [3.05, 3.63) is 35.4 Å².